The summed E-state index contributed by atoms with van der Waals surface area (Å²) < 4.78 is 0. The smallest absolute Gasteiger partial charge is 0.240 e. The van der Waals surface area contributed by atoms with E-state index in [-0.39, 0.29) is 29.8 Å². The van der Waals surface area contributed by atoms with Gasteiger partial charge < -0.3 is 20.8 Å². The third-order valence-electron chi connectivity index (χ3n) is 4.67. The fraction of sp³-hybridized carbons (Fsp3) is 0.562. The summed E-state index contributed by atoms with van der Waals surface area (Å²) in [6.45, 7) is 0. The minimum atomic E-state index is -0.562. The Bertz CT molecular complexity index is 503. The average molecular weight is 290 g/mol. The fourth-order valence-electron chi connectivity index (χ4n) is 3.67. The van der Waals surface area contributed by atoms with E-state index in [1.54, 1.807) is 24.3 Å². The van der Waals surface area contributed by atoms with Crippen LogP contribution in [0.2, 0.25) is 0 Å². The first-order chi connectivity index (χ1) is 10.0. The van der Waals surface area contributed by atoms with Crippen LogP contribution in [0.15, 0.2) is 24.3 Å². The molecule has 0 radical (unpaired) electrons. The van der Waals surface area contributed by atoms with E-state index in [0.717, 1.165) is 18.4 Å². The second kappa shape index (κ2) is 5.66. The summed E-state index contributed by atoms with van der Waals surface area (Å²) in [6.07, 6.45) is 3.48. The number of carbonyl (C=O) groups excluding carboxylic acids is 1. The van der Waals surface area contributed by atoms with Crippen LogP contribution in [0.3, 0.4) is 0 Å². The second-order valence-electron chi connectivity index (χ2n) is 6.23. The van der Waals surface area contributed by atoms with Gasteiger partial charge in [-0.2, -0.15) is 0 Å². The largest absolute Gasteiger partial charge is 0.508 e. The molecule has 2 saturated heterocycles. The number of hydrogen-bond acceptors (Lipinski definition) is 4. The molecule has 5 heteroatoms. The Morgan fingerprint density at radius 2 is 1.81 bits per heavy atom. The van der Waals surface area contributed by atoms with Gasteiger partial charge in [-0.1, -0.05) is 12.1 Å². The van der Waals surface area contributed by atoms with Gasteiger partial charge in [0.1, 0.15) is 5.75 Å². The molecule has 1 aromatic carbocycles. The number of nitrogens with zero attached hydrogens (tertiary/aromatic N) is 1. The van der Waals surface area contributed by atoms with Crippen LogP contribution in [0.5, 0.6) is 5.75 Å². The summed E-state index contributed by atoms with van der Waals surface area (Å²) in [5.41, 5.74) is 7.03. The normalized spacial score (nSPS) is 29.4. The van der Waals surface area contributed by atoms with Gasteiger partial charge in [0, 0.05) is 12.1 Å². The molecule has 0 saturated carbocycles. The molecule has 2 aliphatic heterocycles. The van der Waals surface area contributed by atoms with Gasteiger partial charge in [-0.25, -0.2) is 0 Å². The zero-order valence-corrected chi connectivity index (χ0v) is 12.0. The van der Waals surface area contributed by atoms with Gasteiger partial charge in [0.15, 0.2) is 0 Å². The third-order valence-corrected chi connectivity index (χ3v) is 4.67. The number of aromatic hydroxyl groups is 1. The maximum atomic E-state index is 12.6. The minimum absolute atomic E-state index is 0.0116. The predicted octanol–water partition coefficient (Wildman–Crippen LogP) is 0.776. The number of aliphatic hydroxyl groups is 1. The Kier molecular flexibility index (Phi) is 3.87. The van der Waals surface area contributed by atoms with E-state index >= 15 is 0 Å². The van der Waals surface area contributed by atoms with E-state index < -0.39 is 6.04 Å². The summed E-state index contributed by atoms with van der Waals surface area (Å²) in [5, 5.41) is 19.1. The van der Waals surface area contributed by atoms with E-state index in [0.29, 0.717) is 19.3 Å². The number of phenolic OH excluding ortho intramolecular Hbond substituents is 1. The molecule has 0 spiro atoms. The first-order valence-electron chi connectivity index (χ1n) is 7.58. The van der Waals surface area contributed by atoms with Gasteiger partial charge in [-0.3, -0.25) is 4.79 Å². The summed E-state index contributed by atoms with van der Waals surface area (Å²) >= 11 is 0. The van der Waals surface area contributed by atoms with Crippen molar-refractivity contribution >= 4 is 5.91 Å². The van der Waals surface area contributed by atoms with Gasteiger partial charge in [0.2, 0.25) is 5.91 Å². The number of nitrogens with two attached hydrogens (primary N) is 1. The van der Waals surface area contributed by atoms with E-state index in [9.17, 15) is 15.0 Å². The molecule has 4 N–H and O–H groups in total. The summed E-state index contributed by atoms with van der Waals surface area (Å²) in [6, 6.07) is 6.52. The van der Waals surface area contributed by atoms with Gasteiger partial charge in [-0.05, 0) is 49.8 Å². The first-order valence-corrected chi connectivity index (χ1v) is 7.58. The fourth-order valence-corrected chi connectivity index (χ4v) is 3.67. The van der Waals surface area contributed by atoms with Crippen LogP contribution >= 0.6 is 0 Å². The van der Waals surface area contributed by atoms with Crippen LogP contribution < -0.4 is 5.73 Å². The average Bonchev–Trinajstić information content (AvgIpc) is 2.72. The second-order valence-corrected chi connectivity index (χ2v) is 6.23. The molecule has 114 valence electrons. The first kappa shape index (κ1) is 14.4. The van der Waals surface area contributed by atoms with E-state index in [1.807, 2.05) is 4.90 Å². The van der Waals surface area contributed by atoms with Crippen molar-refractivity contribution in [2.24, 2.45) is 5.73 Å². The maximum absolute atomic E-state index is 12.6. The van der Waals surface area contributed by atoms with Crippen molar-refractivity contribution in [2.45, 2.75) is 56.3 Å². The van der Waals surface area contributed by atoms with E-state index in [4.69, 9.17) is 5.73 Å². The summed E-state index contributed by atoms with van der Waals surface area (Å²) in [5.74, 6) is 0.198. The molecule has 2 aliphatic rings. The Morgan fingerprint density at radius 3 is 2.38 bits per heavy atom. The van der Waals surface area contributed by atoms with Crippen molar-refractivity contribution in [1.82, 2.24) is 4.90 Å². The van der Waals surface area contributed by atoms with Crippen LogP contribution in [0.1, 0.15) is 31.2 Å². The minimum Gasteiger partial charge on any atom is -0.508 e. The SMILES string of the molecule is NC(Cc1ccc(O)cc1)C(=O)N1C2CCC1CC(O)C2. The van der Waals surface area contributed by atoms with Crippen molar-refractivity contribution in [2.75, 3.05) is 0 Å². The number of phenols is 1. The van der Waals surface area contributed by atoms with Crippen molar-refractivity contribution < 1.29 is 15.0 Å². The molecule has 21 heavy (non-hydrogen) atoms. The zero-order valence-electron chi connectivity index (χ0n) is 12.0. The van der Waals surface area contributed by atoms with Crippen molar-refractivity contribution in [1.29, 1.82) is 0 Å². The van der Waals surface area contributed by atoms with E-state index in [1.165, 1.54) is 0 Å². The Labute approximate surface area is 124 Å². The molecule has 2 bridgehead atoms. The predicted molar refractivity (Wildman–Crippen MR) is 78.7 cm³/mol. The molecule has 0 aliphatic carbocycles. The number of piperidine rings is 1. The summed E-state index contributed by atoms with van der Waals surface area (Å²) in [7, 11) is 0. The third kappa shape index (κ3) is 2.89. The Balaban J connectivity index is 1.66. The highest BCUT2D eigenvalue weighted by molar-refractivity contribution is 5.83. The van der Waals surface area contributed by atoms with Gasteiger partial charge in [-0.15, -0.1) is 0 Å². The number of fused-ring (bicyclic) bond motifs is 2. The topological polar surface area (TPSA) is 86.8 Å². The molecule has 1 amide bonds. The number of hydrogen-bond donors (Lipinski definition) is 3. The molecule has 2 fully saturated rings. The van der Waals surface area contributed by atoms with Crippen molar-refractivity contribution in [3.05, 3.63) is 29.8 Å². The van der Waals surface area contributed by atoms with Crippen LogP contribution in [-0.2, 0) is 11.2 Å². The number of aliphatic hydroxyl groups excluding tert-OH is 1. The summed E-state index contributed by atoms with van der Waals surface area (Å²) in [4.78, 5) is 14.5. The lowest BCUT2D eigenvalue weighted by molar-refractivity contribution is -0.138. The highest BCUT2D eigenvalue weighted by atomic mass is 16.3. The zero-order chi connectivity index (χ0) is 15.0. The Hall–Kier alpha value is -1.59. The number of benzene rings is 1. The van der Waals surface area contributed by atoms with Crippen LogP contribution in [0, 0.1) is 0 Å². The Morgan fingerprint density at radius 1 is 1.24 bits per heavy atom. The number of carbonyl (C=O) groups is 1. The van der Waals surface area contributed by atoms with E-state index in [2.05, 4.69) is 0 Å². The monoisotopic (exact) mass is 290 g/mol. The van der Waals surface area contributed by atoms with Crippen LogP contribution in [-0.4, -0.2) is 45.2 Å². The molecule has 5 nitrogen and oxygen atoms in total. The molecule has 2 heterocycles. The molecule has 0 aromatic heterocycles. The molecular formula is C16H22N2O3. The molecule has 1 aromatic rings. The quantitative estimate of drug-likeness (QED) is 0.767. The highest BCUT2D eigenvalue weighted by Crippen LogP contribution is 2.36. The van der Waals surface area contributed by atoms with Gasteiger partial charge in [0.25, 0.3) is 0 Å². The molecule has 3 rings (SSSR count). The van der Waals surface area contributed by atoms with Crippen molar-refractivity contribution in [3.63, 3.8) is 0 Å². The van der Waals surface area contributed by atoms with Crippen LogP contribution in [0.25, 0.3) is 0 Å². The lowest BCUT2D eigenvalue weighted by Crippen LogP contribution is -2.54. The van der Waals surface area contributed by atoms with Gasteiger partial charge in [0.05, 0.1) is 12.1 Å². The number of amides is 1. The number of rotatable bonds is 3. The standard InChI is InChI=1S/C16H22N2O3/c17-15(7-10-1-5-13(19)6-2-10)16(21)18-11-3-4-12(18)9-14(20)8-11/h1-2,5-6,11-12,14-15,19-20H,3-4,7-9,17H2. The molecule has 3 atom stereocenters. The lowest BCUT2D eigenvalue weighted by Gasteiger charge is -2.38. The highest BCUT2D eigenvalue weighted by Gasteiger charge is 2.43. The van der Waals surface area contributed by atoms with Crippen LogP contribution in [0.4, 0.5) is 0 Å². The van der Waals surface area contributed by atoms with Crippen molar-refractivity contribution in [3.8, 4) is 5.75 Å². The molecular weight excluding hydrogens is 268 g/mol. The lowest BCUT2D eigenvalue weighted by atomic mass is 9.97. The molecule has 3 unspecified atom stereocenters. The maximum Gasteiger partial charge on any atom is 0.240 e. The van der Waals surface area contributed by atoms with Gasteiger partial charge >= 0.3 is 0 Å².